The first-order valence-corrected chi connectivity index (χ1v) is 9.37. The predicted octanol–water partition coefficient (Wildman–Crippen LogP) is 4.58. The molecule has 5 nitrogen and oxygen atoms in total. The van der Waals surface area contributed by atoms with Crippen molar-refractivity contribution in [1.29, 1.82) is 0 Å². The molecule has 0 unspecified atom stereocenters. The molecule has 2 heterocycles. The first kappa shape index (κ1) is 18.5. The molecule has 0 atom stereocenters. The third kappa shape index (κ3) is 4.04. The van der Waals surface area contributed by atoms with Crippen LogP contribution in [0.25, 0.3) is 10.2 Å². The summed E-state index contributed by atoms with van der Waals surface area (Å²) >= 11 is 1.60. The summed E-state index contributed by atoms with van der Waals surface area (Å²) in [6.07, 6.45) is -4.74. The molecule has 0 saturated carbocycles. The molecule has 0 aliphatic carbocycles. The number of carbonyl (C=O) groups is 1. The Kier molecular flexibility index (Phi) is 4.62. The molecular formula is C19H16F3N3O2S. The molecule has 9 heteroatoms. The number of hydrogen-bond donors (Lipinski definition) is 1. The third-order valence-corrected chi connectivity index (χ3v) is 5.49. The van der Waals surface area contributed by atoms with Crippen molar-refractivity contribution < 1.29 is 22.7 Å². The van der Waals surface area contributed by atoms with Gasteiger partial charge in [0.25, 0.3) is 0 Å². The van der Waals surface area contributed by atoms with Crippen LogP contribution in [0, 0.1) is 12.8 Å². The van der Waals surface area contributed by atoms with Gasteiger partial charge < -0.3 is 15.0 Å². The number of aromatic nitrogens is 1. The molecule has 0 radical (unpaired) electrons. The summed E-state index contributed by atoms with van der Waals surface area (Å²) in [5, 5.41) is 3.61. The lowest BCUT2D eigenvalue weighted by atomic mass is 10.00. The molecule has 0 bridgehead atoms. The largest absolute Gasteiger partial charge is 0.573 e. The number of halogens is 3. The van der Waals surface area contributed by atoms with Gasteiger partial charge in [0, 0.05) is 18.8 Å². The van der Waals surface area contributed by atoms with Gasteiger partial charge in [0.05, 0.1) is 16.1 Å². The molecule has 1 fully saturated rings. The van der Waals surface area contributed by atoms with Crippen LogP contribution >= 0.6 is 11.3 Å². The van der Waals surface area contributed by atoms with Gasteiger partial charge in [-0.2, -0.15) is 0 Å². The Morgan fingerprint density at radius 3 is 2.61 bits per heavy atom. The van der Waals surface area contributed by atoms with Crippen LogP contribution in [0.5, 0.6) is 5.75 Å². The summed E-state index contributed by atoms with van der Waals surface area (Å²) in [4.78, 5) is 19.0. The number of benzene rings is 2. The van der Waals surface area contributed by atoms with E-state index in [0.717, 1.165) is 15.3 Å². The van der Waals surface area contributed by atoms with Crippen LogP contribution in [0.2, 0.25) is 0 Å². The van der Waals surface area contributed by atoms with Crippen molar-refractivity contribution in [3.05, 3.63) is 48.0 Å². The van der Waals surface area contributed by atoms with Crippen LogP contribution < -0.4 is 15.0 Å². The molecule has 0 spiro atoms. The van der Waals surface area contributed by atoms with E-state index < -0.39 is 6.36 Å². The number of aryl methyl sites for hydroxylation is 1. The highest BCUT2D eigenvalue weighted by molar-refractivity contribution is 7.22. The molecular weight excluding hydrogens is 391 g/mol. The fraction of sp³-hybridized carbons (Fsp3) is 0.263. The number of nitrogens with zero attached hydrogens (tertiary/aromatic N) is 2. The Morgan fingerprint density at radius 2 is 1.93 bits per heavy atom. The number of anilines is 2. The molecule has 1 amide bonds. The standard InChI is InChI=1S/C19H16F3N3O2S/c1-11-2-7-15-16(8-11)28-18(24-15)25-9-12(10-25)17(26)23-13-3-5-14(6-4-13)27-19(20,21)22/h2-8,12H,9-10H2,1H3,(H,23,26). The monoisotopic (exact) mass is 407 g/mol. The number of fused-ring (bicyclic) bond motifs is 1. The second-order valence-corrected chi connectivity index (χ2v) is 7.64. The maximum atomic E-state index is 12.3. The van der Waals surface area contributed by atoms with E-state index in [1.165, 1.54) is 29.8 Å². The van der Waals surface area contributed by atoms with Crippen molar-refractivity contribution in [2.24, 2.45) is 5.92 Å². The van der Waals surface area contributed by atoms with Gasteiger partial charge in [0.15, 0.2) is 5.13 Å². The Balaban J connectivity index is 1.33. The van der Waals surface area contributed by atoms with Crippen LogP contribution in [-0.4, -0.2) is 30.3 Å². The Labute approximate surface area is 162 Å². The van der Waals surface area contributed by atoms with Crippen molar-refractivity contribution in [1.82, 2.24) is 4.98 Å². The number of ether oxygens (including phenoxy) is 1. The fourth-order valence-electron chi connectivity index (χ4n) is 2.94. The smallest absolute Gasteiger partial charge is 0.406 e. The summed E-state index contributed by atoms with van der Waals surface area (Å²) < 4.78 is 41.5. The summed E-state index contributed by atoms with van der Waals surface area (Å²) in [6, 6.07) is 11.2. The number of rotatable bonds is 4. The van der Waals surface area contributed by atoms with Crippen LogP contribution in [0.3, 0.4) is 0 Å². The van der Waals surface area contributed by atoms with Crippen molar-refractivity contribution in [2.45, 2.75) is 13.3 Å². The first-order chi connectivity index (χ1) is 13.3. The third-order valence-electron chi connectivity index (χ3n) is 4.41. The average molecular weight is 407 g/mol. The molecule has 1 N–H and O–H groups in total. The molecule has 1 aliphatic heterocycles. The maximum Gasteiger partial charge on any atom is 0.573 e. The summed E-state index contributed by atoms with van der Waals surface area (Å²) in [6.45, 7) is 3.14. The topological polar surface area (TPSA) is 54.5 Å². The molecule has 3 aromatic rings. The number of carbonyl (C=O) groups excluding carboxylic acids is 1. The van der Waals surface area contributed by atoms with Crippen molar-refractivity contribution in [2.75, 3.05) is 23.3 Å². The lowest BCUT2D eigenvalue weighted by Gasteiger charge is -2.37. The van der Waals surface area contributed by atoms with Crippen LogP contribution in [0.1, 0.15) is 5.56 Å². The Bertz CT molecular complexity index is 1010. The van der Waals surface area contributed by atoms with E-state index in [1.807, 2.05) is 24.0 Å². The fourth-order valence-corrected chi connectivity index (χ4v) is 4.02. The number of nitrogens with one attached hydrogen (secondary N) is 1. The van der Waals surface area contributed by atoms with Gasteiger partial charge in [-0.15, -0.1) is 13.2 Å². The summed E-state index contributed by atoms with van der Waals surface area (Å²) in [7, 11) is 0. The van der Waals surface area contributed by atoms with Gasteiger partial charge in [-0.25, -0.2) is 4.98 Å². The average Bonchev–Trinajstić information content (AvgIpc) is 2.96. The van der Waals surface area contributed by atoms with Crippen molar-refractivity contribution >= 4 is 38.3 Å². The molecule has 1 saturated heterocycles. The van der Waals surface area contributed by atoms with Crippen LogP contribution in [0.15, 0.2) is 42.5 Å². The van der Waals surface area contributed by atoms with E-state index in [2.05, 4.69) is 21.1 Å². The zero-order valence-corrected chi connectivity index (χ0v) is 15.6. The molecule has 1 aromatic heterocycles. The van der Waals surface area contributed by atoms with E-state index >= 15 is 0 Å². The summed E-state index contributed by atoms with van der Waals surface area (Å²) in [5.74, 6) is -0.691. The molecule has 28 heavy (non-hydrogen) atoms. The normalized spacial score (nSPS) is 14.8. The van der Waals surface area contributed by atoms with Crippen LogP contribution in [-0.2, 0) is 4.79 Å². The predicted molar refractivity (Wildman–Crippen MR) is 102 cm³/mol. The van der Waals surface area contributed by atoms with Crippen molar-refractivity contribution in [3.8, 4) is 5.75 Å². The lowest BCUT2D eigenvalue weighted by molar-refractivity contribution is -0.274. The minimum atomic E-state index is -4.74. The van der Waals surface area contributed by atoms with Crippen molar-refractivity contribution in [3.63, 3.8) is 0 Å². The van der Waals surface area contributed by atoms with E-state index in [9.17, 15) is 18.0 Å². The minimum absolute atomic E-state index is 0.169. The quantitative estimate of drug-likeness (QED) is 0.688. The van der Waals surface area contributed by atoms with E-state index in [0.29, 0.717) is 18.8 Å². The second kappa shape index (κ2) is 6.97. The second-order valence-electron chi connectivity index (χ2n) is 6.63. The highest BCUT2D eigenvalue weighted by atomic mass is 32.1. The molecule has 4 rings (SSSR count). The van der Waals surface area contributed by atoms with Crippen LogP contribution in [0.4, 0.5) is 24.0 Å². The van der Waals surface area contributed by atoms with Gasteiger partial charge in [0.2, 0.25) is 5.91 Å². The number of thiazole rings is 1. The van der Waals surface area contributed by atoms with Gasteiger partial charge >= 0.3 is 6.36 Å². The zero-order valence-electron chi connectivity index (χ0n) is 14.8. The molecule has 2 aromatic carbocycles. The van der Waals surface area contributed by atoms with Gasteiger partial charge in [-0.1, -0.05) is 17.4 Å². The highest BCUT2D eigenvalue weighted by Gasteiger charge is 2.34. The summed E-state index contributed by atoms with van der Waals surface area (Å²) in [5.41, 5.74) is 2.54. The lowest BCUT2D eigenvalue weighted by Crippen LogP contribution is -2.52. The SMILES string of the molecule is Cc1ccc2nc(N3CC(C(=O)Nc4ccc(OC(F)(F)F)cc4)C3)sc2c1. The maximum absolute atomic E-state index is 12.3. The molecule has 1 aliphatic rings. The van der Waals surface area contributed by atoms with E-state index in [-0.39, 0.29) is 17.6 Å². The number of hydrogen-bond acceptors (Lipinski definition) is 5. The first-order valence-electron chi connectivity index (χ1n) is 8.56. The van der Waals surface area contributed by atoms with E-state index in [1.54, 1.807) is 11.3 Å². The van der Waals surface area contributed by atoms with Gasteiger partial charge in [-0.05, 0) is 48.9 Å². The molecule has 146 valence electrons. The Hall–Kier alpha value is -2.81. The Morgan fingerprint density at radius 1 is 1.21 bits per heavy atom. The van der Waals surface area contributed by atoms with E-state index in [4.69, 9.17) is 0 Å². The number of amides is 1. The number of alkyl halides is 3. The zero-order chi connectivity index (χ0) is 19.9. The van der Waals surface area contributed by atoms with Gasteiger partial charge in [-0.3, -0.25) is 4.79 Å². The highest BCUT2D eigenvalue weighted by Crippen LogP contribution is 2.33. The van der Waals surface area contributed by atoms with Gasteiger partial charge in [0.1, 0.15) is 5.75 Å². The minimum Gasteiger partial charge on any atom is -0.406 e.